The molecule has 0 aliphatic heterocycles. The van der Waals surface area contributed by atoms with Crippen LogP contribution < -0.4 is 0 Å². The van der Waals surface area contributed by atoms with Crippen LogP contribution in [0.4, 0.5) is 0 Å². The molecule has 2 aromatic rings. The molecule has 16 heavy (non-hydrogen) atoms. The molecule has 3 heteroatoms. The largest absolute Gasteiger partial charge is 0.297 e. The van der Waals surface area contributed by atoms with E-state index in [9.17, 15) is 4.79 Å². The zero-order chi connectivity index (χ0) is 11.5. The van der Waals surface area contributed by atoms with Crippen molar-refractivity contribution >= 4 is 29.2 Å². The smallest absolute Gasteiger partial charge is 0.160 e. The van der Waals surface area contributed by atoms with Crippen molar-refractivity contribution in [3.8, 4) is 10.4 Å². The van der Waals surface area contributed by atoms with Crippen LogP contribution in [0.25, 0.3) is 10.4 Å². The molecule has 0 saturated carbocycles. The van der Waals surface area contributed by atoms with E-state index in [4.69, 9.17) is 11.6 Å². The third-order valence-electron chi connectivity index (χ3n) is 2.46. The third kappa shape index (κ3) is 2.18. The van der Waals surface area contributed by atoms with Crippen LogP contribution >= 0.6 is 22.9 Å². The highest BCUT2D eigenvalue weighted by Gasteiger charge is 2.08. The number of carbonyl (C=O) groups is 1. The Morgan fingerprint density at radius 2 is 2.00 bits per heavy atom. The van der Waals surface area contributed by atoms with E-state index in [2.05, 4.69) is 13.0 Å². The van der Waals surface area contributed by atoms with Gasteiger partial charge in [0.1, 0.15) is 0 Å². The first-order chi connectivity index (χ1) is 7.74. The highest BCUT2D eigenvalue weighted by Crippen LogP contribution is 2.31. The fourth-order valence-electron chi connectivity index (χ4n) is 1.58. The highest BCUT2D eigenvalue weighted by atomic mass is 35.5. The molecule has 0 bridgehead atoms. The molecular weight excluding hydrogens is 240 g/mol. The summed E-state index contributed by atoms with van der Waals surface area (Å²) in [6.45, 7) is 2.06. The molecule has 0 aliphatic rings. The topological polar surface area (TPSA) is 17.1 Å². The minimum atomic E-state index is 0.728. The molecule has 0 atom stereocenters. The molecular formula is C13H11ClOS. The monoisotopic (exact) mass is 250 g/mol. The van der Waals surface area contributed by atoms with Gasteiger partial charge in [-0.15, -0.1) is 11.3 Å². The lowest BCUT2D eigenvalue weighted by Crippen LogP contribution is -1.80. The molecule has 0 saturated heterocycles. The second-order valence-corrected chi connectivity index (χ2v) is 5.00. The van der Waals surface area contributed by atoms with E-state index in [0.717, 1.165) is 38.6 Å². The van der Waals surface area contributed by atoms with Crippen LogP contribution in [0, 0.1) is 0 Å². The van der Waals surface area contributed by atoms with Gasteiger partial charge in [0, 0.05) is 9.90 Å². The number of rotatable bonds is 3. The van der Waals surface area contributed by atoms with Crippen LogP contribution in [0.15, 0.2) is 30.3 Å². The lowest BCUT2D eigenvalue weighted by atomic mass is 10.1. The quantitative estimate of drug-likeness (QED) is 0.736. The first-order valence-electron chi connectivity index (χ1n) is 5.08. The van der Waals surface area contributed by atoms with Crippen LogP contribution in [-0.2, 0) is 6.42 Å². The summed E-state index contributed by atoms with van der Waals surface area (Å²) in [4.78, 5) is 12.8. The van der Waals surface area contributed by atoms with Gasteiger partial charge in [-0.3, -0.25) is 4.79 Å². The lowest BCUT2D eigenvalue weighted by molar-refractivity contribution is 0.112. The summed E-state index contributed by atoms with van der Waals surface area (Å²) in [5, 5.41) is 0.728. The third-order valence-corrected chi connectivity index (χ3v) is 3.86. The summed E-state index contributed by atoms with van der Waals surface area (Å²) in [5.41, 5.74) is 2.22. The Morgan fingerprint density at radius 3 is 2.50 bits per heavy atom. The van der Waals surface area contributed by atoms with Gasteiger partial charge in [-0.2, -0.15) is 0 Å². The van der Waals surface area contributed by atoms with Crippen LogP contribution in [0.1, 0.15) is 22.2 Å². The van der Waals surface area contributed by atoms with Crippen molar-refractivity contribution in [3.63, 3.8) is 0 Å². The van der Waals surface area contributed by atoms with Gasteiger partial charge in [0.05, 0.1) is 4.88 Å². The SMILES string of the molecule is CCc1cc(-c2ccc(Cl)cc2)sc1C=O. The zero-order valence-corrected chi connectivity index (χ0v) is 10.4. The minimum Gasteiger partial charge on any atom is -0.297 e. The fourth-order valence-corrected chi connectivity index (χ4v) is 2.78. The number of halogens is 1. The Balaban J connectivity index is 2.44. The van der Waals surface area contributed by atoms with Gasteiger partial charge in [0.15, 0.2) is 6.29 Å². The number of hydrogen-bond donors (Lipinski definition) is 0. The zero-order valence-electron chi connectivity index (χ0n) is 8.87. The number of benzene rings is 1. The summed E-state index contributed by atoms with van der Waals surface area (Å²) in [7, 11) is 0. The second kappa shape index (κ2) is 4.81. The maximum absolute atomic E-state index is 10.9. The molecule has 1 heterocycles. The van der Waals surface area contributed by atoms with Crippen LogP contribution in [0.5, 0.6) is 0 Å². The lowest BCUT2D eigenvalue weighted by Gasteiger charge is -1.96. The van der Waals surface area contributed by atoms with Crippen LogP contribution in [0.3, 0.4) is 0 Å². The Kier molecular flexibility index (Phi) is 3.42. The van der Waals surface area contributed by atoms with Gasteiger partial charge in [-0.05, 0) is 35.7 Å². The van der Waals surface area contributed by atoms with Gasteiger partial charge in [-0.1, -0.05) is 30.7 Å². The van der Waals surface area contributed by atoms with Crippen molar-refractivity contribution < 1.29 is 4.79 Å². The number of aldehydes is 1. The van der Waals surface area contributed by atoms with Crippen molar-refractivity contribution in [1.29, 1.82) is 0 Å². The highest BCUT2D eigenvalue weighted by molar-refractivity contribution is 7.17. The van der Waals surface area contributed by atoms with Crippen molar-refractivity contribution in [2.75, 3.05) is 0 Å². The number of thiophene rings is 1. The van der Waals surface area contributed by atoms with Crippen LogP contribution in [-0.4, -0.2) is 6.29 Å². The fraction of sp³-hybridized carbons (Fsp3) is 0.154. The summed E-state index contributed by atoms with van der Waals surface area (Å²) in [5.74, 6) is 0. The first kappa shape index (κ1) is 11.4. The predicted octanol–water partition coefficient (Wildman–Crippen LogP) is 4.44. The standard InChI is InChI=1S/C13H11ClOS/c1-2-9-7-12(16-13(9)8-15)10-3-5-11(14)6-4-10/h3-8H,2H2,1H3. The first-order valence-corrected chi connectivity index (χ1v) is 6.28. The van der Waals surface area contributed by atoms with E-state index >= 15 is 0 Å². The average Bonchev–Trinajstić information content (AvgIpc) is 2.73. The number of carbonyl (C=O) groups excluding carboxylic acids is 1. The van der Waals surface area contributed by atoms with E-state index in [1.165, 1.54) is 11.3 Å². The van der Waals surface area contributed by atoms with Crippen molar-refractivity contribution in [2.24, 2.45) is 0 Å². The molecule has 1 aromatic heterocycles. The molecule has 0 spiro atoms. The summed E-state index contributed by atoms with van der Waals surface area (Å²) >= 11 is 7.37. The average molecular weight is 251 g/mol. The molecule has 0 radical (unpaired) electrons. The number of aryl methyl sites for hydroxylation is 1. The Morgan fingerprint density at radius 1 is 1.31 bits per heavy atom. The van der Waals surface area contributed by atoms with Crippen molar-refractivity contribution in [2.45, 2.75) is 13.3 Å². The Labute approximate surface area is 104 Å². The predicted molar refractivity (Wildman–Crippen MR) is 69.5 cm³/mol. The molecule has 0 unspecified atom stereocenters. The molecule has 1 nitrogen and oxygen atoms in total. The molecule has 0 aliphatic carbocycles. The van der Waals surface area contributed by atoms with Gasteiger partial charge < -0.3 is 0 Å². The van der Waals surface area contributed by atoms with E-state index in [0.29, 0.717) is 0 Å². The summed E-state index contributed by atoms with van der Waals surface area (Å²) in [6.07, 6.45) is 1.82. The Hall–Kier alpha value is -1.12. The van der Waals surface area contributed by atoms with E-state index in [-0.39, 0.29) is 0 Å². The van der Waals surface area contributed by atoms with Crippen molar-refractivity contribution in [1.82, 2.24) is 0 Å². The van der Waals surface area contributed by atoms with E-state index in [1.807, 2.05) is 24.3 Å². The van der Waals surface area contributed by atoms with E-state index < -0.39 is 0 Å². The van der Waals surface area contributed by atoms with Crippen molar-refractivity contribution in [3.05, 3.63) is 45.8 Å². The Bertz CT molecular complexity index is 499. The molecule has 2 rings (SSSR count). The molecule has 0 fully saturated rings. The van der Waals surface area contributed by atoms with Crippen LogP contribution in [0.2, 0.25) is 5.02 Å². The minimum absolute atomic E-state index is 0.728. The molecule has 82 valence electrons. The summed E-state index contributed by atoms with van der Waals surface area (Å²) < 4.78 is 0. The van der Waals surface area contributed by atoms with Gasteiger partial charge >= 0.3 is 0 Å². The molecule has 0 amide bonds. The summed E-state index contributed by atoms with van der Waals surface area (Å²) in [6, 6.07) is 9.76. The normalized spacial score (nSPS) is 10.4. The maximum Gasteiger partial charge on any atom is 0.160 e. The second-order valence-electron chi connectivity index (χ2n) is 3.48. The molecule has 0 N–H and O–H groups in total. The molecule has 1 aromatic carbocycles. The number of hydrogen-bond acceptors (Lipinski definition) is 2. The van der Waals surface area contributed by atoms with Gasteiger partial charge in [0.25, 0.3) is 0 Å². The van der Waals surface area contributed by atoms with E-state index in [1.54, 1.807) is 0 Å². The maximum atomic E-state index is 10.9. The van der Waals surface area contributed by atoms with Gasteiger partial charge in [0.2, 0.25) is 0 Å². The van der Waals surface area contributed by atoms with Gasteiger partial charge in [-0.25, -0.2) is 0 Å².